The lowest BCUT2D eigenvalue weighted by Gasteiger charge is -2.20. The van der Waals surface area contributed by atoms with E-state index in [-0.39, 0.29) is 0 Å². The average Bonchev–Trinajstić information content (AvgIpc) is 2.84. The highest BCUT2D eigenvalue weighted by Crippen LogP contribution is 2.17. The molecule has 0 aliphatic heterocycles. The fraction of sp³-hybridized carbons (Fsp3) is 0.278. The van der Waals surface area contributed by atoms with Crippen molar-refractivity contribution >= 4 is 11.0 Å². The summed E-state index contributed by atoms with van der Waals surface area (Å²) < 4.78 is 2.11. The molecular formula is C18H21N3O. The predicted molar refractivity (Wildman–Crippen MR) is 88.4 cm³/mol. The molecule has 1 heterocycles. The van der Waals surface area contributed by atoms with Gasteiger partial charge in [-0.05, 0) is 24.7 Å². The maximum atomic E-state index is 10.3. The smallest absolute Gasteiger partial charge is 0.123 e. The molecule has 1 unspecified atom stereocenters. The second-order valence-corrected chi connectivity index (χ2v) is 5.70. The summed E-state index contributed by atoms with van der Waals surface area (Å²) in [5, 5.41) is 10.3. The number of hydrogen-bond acceptors (Lipinski definition) is 3. The highest BCUT2D eigenvalue weighted by Gasteiger charge is 2.13. The van der Waals surface area contributed by atoms with Crippen LogP contribution in [-0.4, -0.2) is 33.1 Å². The Bertz CT molecular complexity index is 751. The van der Waals surface area contributed by atoms with Crippen LogP contribution in [-0.2, 0) is 13.6 Å². The molecule has 22 heavy (non-hydrogen) atoms. The molecule has 3 aromatic rings. The minimum absolute atomic E-state index is 0.485. The Morgan fingerprint density at radius 1 is 1.09 bits per heavy atom. The van der Waals surface area contributed by atoms with Gasteiger partial charge in [-0.1, -0.05) is 42.5 Å². The summed E-state index contributed by atoms with van der Waals surface area (Å²) in [6.45, 7) is 1.28. The van der Waals surface area contributed by atoms with Crippen LogP contribution in [0.3, 0.4) is 0 Å². The number of aliphatic hydroxyl groups is 1. The number of aryl methyl sites for hydroxylation is 1. The average molecular weight is 295 g/mol. The van der Waals surface area contributed by atoms with E-state index in [4.69, 9.17) is 0 Å². The number of fused-ring (bicyclic) bond motifs is 1. The van der Waals surface area contributed by atoms with Gasteiger partial charge in [0.15, 0.2) is 0 Å². The zero-order valence-electron chi connectivity index (χ0n) is 13.0. The first-order valence-electron chi connectivity index (χ1n) is 7.47. The third kappa shape index (κ3) is 3.03. The van der Waals surface area contributed by atoms with Crippen LogP contribution < -0.4 is 0 Å². The van der Waals surface area contributed by atoms with Gasteiger partial charge in [0.2, 0.25) is 0 Å². The number of benzene rings is 2. The maximum Gasteiger partial charge on any atom is 0.123 e. The molecule has 0 bridgehead atoms. The van der Waals surface area contributed by atoms with Gasteiger partial charge in [0.1, 0.15) is 5.82 Å². The summed E-state index contributed by atoms with van der Waals surface area (Å²) in [4.78, 5) is 6.77. The standard InChI is InChI=1S/C18H21N3O/c1-20(12-17(22)14-8-4-3-5-9-14)13-18-19-15-10-6-7-11-16(15)21(18)2/h3-11,17,22H,12-13H2,1-2H3. The molecule has 0 fully saturated rings. The van der Waals surface area contributed by atoms with Crippen LogP contribution >= 0.6 is 0 Å². The molecule has 1 N–H and O–H groups in total. The zero-order valence-corrected chi connectivity index (χ0v) is 13.0. The van der Waals surface area contributed by atoms with Crippen molar-refractivity contribution in [1.29, 1.82) is 0 Å². The summed E-state index contributed by atoms with van der Waals surface area (Å²) in [6, 6.07) is 17.9. The molecule has 0 aliphatic rings. The Balaban J connectivity index is 1.70. The molecule has 0 aliphatic carbocycles. The molecular weight excluding hydrogens is 274 g/mol. The lowest BCUT2D eigenvalue weighted by Crippen LogP contribution is -2.25. The molecule has 0 spiro atoms. The van der Waals surface area contributed by atoms with Crippen molar-refractivity contribution in [3.63, 3.8) is 0 Å². The second-order valence-electron chi connectivity index (χ2n) is 5.70. The van der Waals surface area contributed by atoms with Gasteiger partial charge >= 0.3 is 0 Å². The molecule has 0 radical (unpaired) electrons. The lowest BCUT2D eigenvalue weighted by molar-refractivity contribution is 0.122. The van der Waals surface area contributed by atoms with Gasteiger partial charge in [-0.2, -0.15) is 0 Å². The van der Waals surface area contributed by atoms with E-state index in [0.717, 1.165) is 22.4 Å². The van der Waals surface area contributed by atoms with Crippen molar-refractivity contribution < 1.29 is 5.11 Å². The number of nitrogens with zero attached hydrogens (tertiary/aromatic N) is 3. The fourth-order valence-electron chi connectivity index (χ4n) is 2.72. The quantitative estimate of drug-likeness (QED) is 0.787. The van der Waals surface area contributed by atoms with Crippen molar-refractivity contribution in [2.75, 3.05) is 13.6 Å². The van der Waals surface area contributed by atoms with Crippen molar-refractivity contribution in [3.05, 3.63) is 66.0 Å². The van der Waals surface area contributed by atoms with Gasteiger partial charge in [-0.15, -0.1) is 0 Å². The third-order valence-corrected chi connectivity index (χ3v) is 3.96. The van der Waals surface area contributed by atoms with Crippen LogP contribution in [0.2, 0.25) is 0 Å². The van der Waals surface area contributed by atoms with E-state index in [1.54, 1.807) is 0 Å². The SMILES string of the molecule is CN(Cc1nc2ccccc2n1C)CC(O)c1ccccc1. The number of para-hydroxylation sites is 2. The number of rotatable bonds is 5. The molecule has 4 nitrogen and oxygen atoms in total. The summed E-state index contributed by atoms with van der Waals surface area (Å²) >= 11 is 0. The molecule has 0 amide bonds. The molecule has 2 aromatic carbocycles. The highest BCUT2D eigenvalue weighted by atomic mass is 16.3. The van der Waals surface area contributed by atoms with Gasteiger partial charge < -0.3 is 9.67 Å². The molecule has 0 saturated carbocycles. The van der Waals surface area contributed by atoms with Crippen molar-refractivity contribution in [2.45, 2.75) is 12.6 Å². The van der Waals surface area contributed by atoms with E-state index < -0.39 is 6.10 Å². The van der Waals surface area contributed by atoms with E-state index in [0.29, 0.717) is 13.1 Å². The van der Waals surface area contributed by atoms with Crippen molar-refractivity contribution in [3.8, 4) is 0 Å². The van der Waals surface area contributed by atoms with Gasteiger partial charge in [-0.25, -0.2) is 4.98 Å². The minimum Gasteiger partial charge on any atom is -0.387 e. The number of aromatic nitrogens is 2. The first-order chi connectivity index (χ1) is 10.6. The minimum atomic E-state index is -0.485. The molecule has 1 atom stereocenters. The molecule has 4 heteroatoms. The normalized spacial score (nSPS) is 12.9. The second kappa shape index (κ2) is 6.30. The first kappa shape index (κ1) is 14.8. The van der Waals surface area contributed by atoms with Gasteiger partial charge in [0.05, 0.1) is 23.7 Å². The summed E-state index contributed by atoms with van der Waals surface area (Å²) in [7, 11) is 4.04. The van der Waals surface area contributed by atoms with Crippen LogP contribution in [0, 0.1) is 0 Å². The van der Waals surface area contributed by atoms with E-state index >= 15 is 0 Å². The van der Waals surface area contributed by atoms with E-state index in [1.807, 2.05) is 62.6 Å². The van der Waals surface area contributed by atoms with Gasteiger partial charge in [-0.3, -0.25) is 4.90 Å². The zero-order chi connectivity index (χ0) is 15.5. The van der Waals surface area contributed by atoms with Gasteiger partial charge in [0, 0.05) is 13.6 Å². The number of likely N-dealkylation sites (N-methyl/N-ethyl adjacent to an activating group) is 1. The Labute approximate surface area is 130 Å². The van der Waals surface area contributed by atoms with Crippen LogP contribution in [0.25, 0.3) is 11.0 Å². The van der Waals surface area contributed by atoms with Crippen LogP contribution in [0.1, 0.15) is 17.5 Å². The van der Waals surface area contributed by atoms with Crippen LogP contribution in [0.5, 0.6) is 0 Å². The number of hydrogen-bond donors (Lipinski definition) is 1. The third-order valence-electron chi connectivity index (χ3n) is 3.96. The predicted octanol–water partition coefficient (Wildman–Crippen LogP) is 2.74. The van der Waals surface area contributed by atoms with Crippen LogP contribution in [0.15, 0.2) is 54.6 Å². The van der Waals surface area contributed by atoms with E-state index in [1.165, 1.54) is 0 Å². The van der Waals surface area contributed by atoms with E-state index in [9.17, 15) is 5.11 Å². The number of imidazole rings is 1. The molecule has 3 rings (SSSR count). The summed E-state index contributed by atoms with van der Waals surface area (Å²) in [5.74, 6) is 1.00. The maximum absolute atomic E-state index is 10.3. The lowest BCUT2D eigenvalue weighted by atomic mass is 10.1. The summed E-state index contributed by atoms with van der Waals surface area (Å²) in [6.07, 6.45) is -0.485. The Morgan fingerprint density at radius 2 is 1.77 bits per heavy atom. The van der Waals surface area contributed by atoms with Gasteiger partial charge in [0.25, 0.3) is 0 Å². The van der Waals surface area contributed by atoms with Crippen molar-refractivity contribution in [2.24, 2.45) is 7.05 Å². The Hall–Kier alpha value is -2.17. The largest absolute Gasteiger partial charge is 0.387 e. The monoisotopic (exact) mass is 295 g/mol. The Kier molecular flexibility index (Phi) is 4.22. The topological polar surface area (TPSA) is 41.3 Å². The molecule has 114 valence electrons. The van der Waals surface area contributed by atoms with Crippen molar-refractivity contribution in [1.82, 2.24) is 14.5 Å². The Morgan fingerprint density at radius 3 is 2.50 bits per heavy atom. The molecule has 1 aromatic heterocycles. The number of aliphatic hydroxyl groups excluding tert-OH is 1. The van der Waals surface area contributed by atoms with E-state index in [2.05, 4.69) is 20.5 Å². The highest BCUT2D eigenvalue weighted by molar-refractivity contribution is 5.75. The van der Waals surface area contributed by atoms with Crippen LogP contribution in [0.4, 0.5) is 0 Å². The first-order valence-corrected chi connectivity index (χ1v) is 7.47. The molecule has 0 saturated heterocycles. The summed E-state index contributed by atoms with van der Waals surface area (Å²) in [5.41, 5.74) is 3.09. The fourth-order valence-corrected chi connectivity index (χ4v) is 2.72.